The minimum atomic E-state index is -3.82. The van der Waals surface area contributed by atoms with Gasteiger partial charge in [0, 0.05) is 6.04 Å². The number of halogens is 3. The summed E-state index contributed by atoms with van der Waals surface area (Å²) in [6.45, 7) is 3.83. The molecule has 3 nitrogen and oxygen atoms in total. The summed E-state index contributed by atoms with van der Waals surface area (Å²) in [7, 11) is -3.82. The van der Waals surface area contributed by atoms with E-state index < -0.39 is 16.1 Å². The van der Waals surface area contributed by atoms with Gasteiger partial charge in [0.1, 0.15) is 4.90 Å². The molecule has 2 rings (SSSR count). The fraction of sp³-hybridized carbons (Fsp3) is 0.250. The Kier molecular flexibility index (Phi) is 5.98. The minimum Gasteiger partial charge on any atom is -0.207 e. The second-order valence-corrected chi connectivity index (χ2v) is 8.04. The molecule has 124 valence electrons. The van der Waals surface area contributed by atoms with E-state index in [0.717, 1.165) is 12.0 Å². The van der Waals surface area contributed by atoms with Gasteiger partial charge in [0.15, 0.2) is 0 Å². The predicted molar refractivity (Wildman–Crippen MR) is 96.0 cm³/mol. The lowest BCUT2D eigenvalue weighted by Crippen LogP contribution is -2.27. The van der Waals surface area contributed by atoms with Gasteiger partial charge >= 0.3 is 0 Å². The zero-order valence-electron chi connectivity index (χ0n) is 12.6. The molecular formula is C16H16Cl3NO2S. The van der Waals surface area contributed by atoms with Gasteiger partial charge in [-0.15, -0.1) is 0 Å². The first-order chi connectivity index (χ1) is 10.7. The van der Waals surface area contributed by atoms with Crippen LogP contribution in [-0.2, 0) is 16.4 Å². The summed E-state index contributed by atoms with van der Waals surface area (Å²) in [5.74, 6) is 0. The number of rotatable bonds is 5. The third kappa shape index (κ3) is 4.40. The molecule has 0 aliphatic heterocycles. The quantitative estimate of drug-likeness (QED) is 0.706. The van der Waals surface area contributed by atoms with Gasteiger partial charge in [0.2, 0.25) is 10.0 Å². The number of nitrogens with one attached hydrogen (secondary N) is 1. The van der Waals surface area contributed by atoms with Crippen molar-refractivity contribution in [2.45, 2.75) is 31.2 Å². The van der Waals surface area contributed by atoms with Crippen LogP contribution >= 0.6 is 34.8 Å². The second kappa shape index (κ2) is 7.41. The maximum Gasteiger partial charge on any atom is 0.242 e. The Bertz CT molecular complexity index is 805. The highest BCUT2D eigenvalue weighted by atomic mass is 35.5. The molecule has 2 aromatic carbocycles. The maximum absolute atomic E-state index is 12.5. The van der Waals surface area contributed by atoms with E-state index in [1.807, 2.05) is 24.3 Å². The zero-order chi connectivity index (χ0) is 17.2. The topological polar surface area (TPSA) is 46.2 Å². The van der Waals surface area contributed by atoms with Gasteiger partial charge in [-0.25, -0.2) is 13.1 Å². The molecule has 23 heavy (non-hydrogen) atoms. The number of hydrogen-bond donors (Lipinski definition) is 1. The highest BCUT2D eigenvalue weighted by Gasteiger charge is 2.22. The van der Waals surface area contributed by atoms with E-state index in [4.69, 9.17) is 34.8 Å². The van der Waals surface area contributed by atoms with Crippen molar-refractivity contribution in [1.29, 1.82) is 0 Å². The number of hydrogen-bond acceptors (Lipinski definition) is 2. The number of aryl methyl sites for hydroxylation is 1. The van der Waals surface area contributed by atoms with Crippen LogP contribution in [-0.4, -0.2) is 8.42 Å². The average molecular weight is 393 g/mol. The standard InChI is InChI=1S/C16H16Cl3NO2S/c1-3-11-4-6-12(7-5-11)10(2)20-23(21,22)16-9-14(18)13(17)8-15(16)19/h4-10,20H,3H2,1-2H3. The van der Waals surface area contributed by atoms with Crippen LogP contribution in [0.2, 0.25) is 15.1 Å². The Morgan fingerprint density at radius 3 is 2.13 bits per heavy atom. The first-order valence-electron chi connectivity index (χ1n) is 7.00. The van der Waals surface area contributed by atoms with Crippen molar-refractivity contribution in [2.24, 2.45) is 0 Å². The summed E-state index contributed by atoms with van der Waals surface area (Å²) >= 11 is 17.7. The third-order valence-corrected chi connectivity index (χ3v) is 6.21. The van der Waals surface area contributed by atoms with E-state index in [0.29, 0.717) is 0 Å². The van der Waals surface area contributed by atoms with Gasteiger partial charge < -0.3 is 0 Å². The largest absolute Gasteiger partial charge is 0.242 e. The number of sulfonamides is 1. The summed E-state index contributed by atoms with van der Waals surface area (Å²) in [6.07, 6.45) is 0.930. The zero-order valence-corrected chi connectivity index (χ0v) is 15.7. The fourth-order valence-electron chi connectivity index (χ4n) is 2.12. The van der Waals surface area contributed by atoms with E-state index in [9.17, 15) is 8.42 Å². The summed E-state index contributed by atoms with van der Waals surface area (Å²) in [5, 5.41) is 0.371. The molecule has 0 saturated carbocycles. The van der Waals surface area contributed by atoms with Crippen molar-refractivity contribution >= 4 is 44.8 Å². The van der Waals surface area contributed by atoms with Gasteiger partial charge in [0.25, 0.3) is 0 Å². The van der Waals surface area contributed by atoms with Gasteiger partial charge in [-0.05, 0) is 36.6 Å². The predicted octanol–water partition coefficient (Wildman–Crippen LogP) is 5.25. The first-order valence-corrected chi connectivity index (χ1v) is 9.62. The third-order valence-electron chi connectivity index (χ3n) is 3.48. The van der Waals surface area contributed by atoms with E-state index in [1.165, 1.54) is 17.7 Å². The van der Waals surface area contributed by atoms with E-state index >= 15 is 0 Å². The van der Waals surface area contributed by atoms with Crippen molar-refractivity contribution in [3.8, 4) is 0 Å². The Hall–Kier alpha value is -0.780. The van der Waals surface area contributed by atoms with Crippen LogP contribution in [0.4, 0.5) is 0 Å². The number of benzene rings is 2. The smallest absolute Gasteiger partial charge is 0.207 e. The van der Waals surface area contributed by atoms with Crippen LogP contribution < -0.4 is 4.72 Å². The Morgan fingerprint density at radius 1 is 1.00 bits per heavy atom. The van der Waals surface area contributed by atoms with E-state index in [2.05, 4.69) is 11.6 Å². The Balaban J connectivity index is 2.28. The SMILES string of the molecule is CCc1ccc(C(C)NS(=O)(=O)c2cc(Cl)c(Cl)cc2Cl)cc1. The molecule has 7 heteroatoms. The van der Waals surface area contributed by atoms with Crippen LogP contribution in [0.25, 0.3) is 0 Å². The molecule has 1 atom stereocenters. The Morgan fingerprint density at radius 2 is 1.57 bits per heavy atom. The summed E-state index contributed by atoms with van der Waals surface area (Å²) in [6, 6.07) is 9.93. The van der Waals surface area contributed by atoms with Crippen LogP contribution in [0.3, 0.4) is 0 Å². The summed E-state index contributed by atoms with van der Waals surface area (Å²) in [5.41, 5.74) is 2.05. The van der Waals surface area contributed by atoms with Crippen LogP contribution in [0.15, 0.2) is 41.3 Å². The molecule has 1 unspecified atom stereocenters. The molecule has 0 fully saturated rings. The van der Waals surface area contributed by atoms with Crippen molar-refractivity contribution in [2.75, 3.05) is 0 Å². The normalized spacial score (nSPS) is 13.1. The van der Waals surface area contributed by atoms with Gasteiger partial charge in [0.05, 0.1) is 15.1 Å². The Labute approximate surface area is 151 Å². The highest BCUT2D eigenvalue weighted by Crippen LogP contribution is 2.32. The molecule has 0 aliphatic rings. The molecule has 2 aromatic rings. The van der Waals surface area contributed by atoms with Crippen molar-refractivity contribution in [3.05, 3.63) is 62.6 Å². The lowest BCUT2D eigenvalue weighted by Gasteiger charge is -2.16. The minimum absolute atomic E-state index is 0.0282. The van der Waals surface area contributed by atoms with Crippen LogP contribution in [0, 0.1) is 0 Å². The van der Waals surface area contributed by atoms with E-state index in [1.54, 1.807) is 6.92 Å². The summed E-state index contributed by atoms with van der Waals surface area (Å²) < 4.78 is 27.7. The van der Waals surface area contributed by atoms with Crippen LogP contribution in [0.5, 0.6) is 0 Å². The fourth-order valence-corrected chi connectivity index (χ4v) is 4.35. The van der Waals surface area contributed by atoms with Crippen molar-refractivity contribution in [3.63, 3.8) is 0 Å². The average Bonchev–Trinajstić information content (AvgIpc) is 2.50. The van der Waals surface area contributed by atoms with Gasteiger partial charge in [-0.2, -0.15) is 0 Å². The van der Waals surface area contributed by atoms with E-state index in [-0.39, 0.29) is 20.0 Å². The van der Waals surface area contributed by atoms with Crippen molar-refractivity contribution < 1.29 is 8.42 Å². The molecule has 0 bridgehead atoms. The molecule has 0 heterocycles. The molecule has 0 spiro atoms. The van der Waals surface area contributed by atoms with Crippen LogP contribution in [0.1, 0.15) is 31.0 Å². The van der Waals surface area contributed by atoms with Crippen molar-refractivity contribution in [1.82, 2.24) is 4.72 Å². The second-order valence-electron chi connectivity index (χ2n) is 5.13. The highest BCUT2D eigenvalue weighted by molar-refractivity contribution is 7.89. The monoisotopic (exact) mass is 391 g/mol. The molecule has 0 radical (unpaired) electrons. The maximum atomic E-state index is 12.5. The van der Waals surface area contributed by atoms with Gasteiger partial charge in [-0.1, -0.05) is 66.0 Å². The lowest BCUT2D eigenvalue weighted by atomic mass is 10.1. The molecule has 0 aliphatic carbocycles. The van der Waals surface area contributed by atoms with Gasteiger partial charge in [-0.3, -0.25) is 0 Å². The first kappa shape index (κ1) is 18.6. The lowest BCUT2D eigenvalue weighted by molar-refractivity contribution is 0.567. The molecule has 0 amide bonds. The molecule has 0 saturated heterocycles. The molecule has 1 N–H and O–H groups in total. The summed E-state index contributed by atoms with van der Waals surface area (Å²) in [4.78, 5) is -0.0920. The molecule has 0 aromatic heterocycles. The molecular weight excluding hydrogens is 377 g/mol.